The van der Waals surface area contributed by atoms with Gasteiger partial charge in [0, 0.05) is 12.8 Å². The highest BCUT2D eigenvalue weighted by atomic mass is 79.9. The Morgan fingerprint density at radius 3 is 2.00 bits per heavy atom. The van der Waals surface area contributed by atoms with E-state index >= 15 is 0 Å². The fourth-order valence-corrected chi connectivity index (χ4v) is 7.18. The van der Waals surface area contributed by atoms with Crippen LogP contribution in [0.4, 0.5) is 0 Å². The van der Waals surface area contributed by atoms with Crippen molar-refractivity contribution < 1.29 is 52.6 Å². The van der Waals surface area contributed by atoms with E-state index < -0.39 is 11.1 Å². The summed E-state index contributed by atoms with van der Waals surface area (Å²) in [7, 11) is 8.90. The van der Waals surface area contributed by atoms with Gasteiger partial charge < -0.3 is 48.2 Å². The number of fused-ring (bicyclic) bond motifs is 5. The van der Waals surface area contributed by atoms with E-state index in [0.29, 0.717) is 25.2 Å². The van der Waals surface area contributed by atoms with Crippen molar-refractivity contribution in [2.75, 3.05) is 34.9 Å². The van der Waals surface area contributed by atoms with Crippen LogP contribution < -0.4 is 34.0 Å². The third-order valence-corrected chi connectivity index (χ3v) is 8.97. The molecule has 190 valence electrons. The number of quaternary nitrogens is 1. The molecule has 4 rings (SSSR count). The second-order valence-corrected chi connectivity index (χ2v) is 11.7. The normalized spacial score (nSPS) is 33.6. The predicted octanol–water partition coefficient (Wildman–Crippen LogP) is -3.00. The largest absolute Gasteiger partial charge is 1.00 e. The van der Waals surface area contributed by atoms with E-state index in [0.717, 1.165) is 17.3 Å². The summed E-state index contributed by atoms with van der Waals surface area (Å²) in [6.07, 6.45) is 12.9. The molecule has 1 aliphatic carbocycles. The lowest BCUT2D eigenvalue weighted by atomic mass is 9.78. The van der Waals surface area contributed by atoms with E-state index in [1.54, 1.807) is 0 Å². The first-order valence-electron chi connectivity index (χ1n) is 12.6. The van der Waals surface area contributed by atoms with E-state index in [-0.39, 0.29) is 45.8 Å². The Morgan fingerprint density at radius 2 is 1.42 bits per heavy atom. The van der Waals surface area contributed by atoms with E-state index in [1.165, 1.54) is 57.1 Å². The number of rotatable bonds is 0. The Balaban J connectivity index is 0.00000193. The first-order valence-corrected chi connectivity index (χ1v) is 12.6. The van der Waals surface area contributed by atoms with Crippen molar-refractivity contribution >= 4 is 17.5 Å². The van der Waals surface area contributed by atoms with Gasteiger partial charge in [-0.2, -0.15) is 0 Å². The first kappa shape index (κ1) is 28.8. The smallest absolute Gasteiger partial charge is 0.250 e. The average Bonchev–Trinajstić information content (AvgIpc) is 3.16. The molecule has 4 fully saturated rings. The molecule has 0 aromatic rings. The highest BCUT2D eigenvalue weighted by Crippen LogP contribution is 2.54. The number of hydrogen-bond donors (Lipinski definition) is 0. The van der Waals surface area contributed by atoms with E-state index in [1.807, 2.05) is 18.7 Å². The van der Waals surface area contributed by atoms with Crippen molar-refractivity contribution in [2.24, 2.45) is 0 Å². The van der Waals surface area contributed by atoms with Gasteiger partial charge in [0.15, 0.2) is 17.3 Å². The maximum absolute atomic E-state index is 13.7. The van der Waals surface area contributed by atoms with Crippen molar-refractivity contribution in [3.05, 3.63) is 0 Å². The van der Waals surface area contributed by atoms with Gasteiger partial charge in [0.05, 0.1) is 27.2 Å². The van der Waals surface area contributed by atoms with Crippen molar-refractivity contribution in [3.8, 4) is 0 Å². The van der Waals surface area contributed by atoms with Gasteiger partial charge in [0.2, 0.25) is 5.91 Å². The second kappa shape index (κ2) is 10.3. The van der Waals surface area contributed by atoms with Crippen LogP contribution in [0.25, 0.3) is 0 Å². The summed E-state index contributed by atoms with van der Waals surface area (Å²) < 4.78 is 3.18. The minimum atomic E-state index is -0.737. The fraction of sp³-hybridized carbons (Fsp3) is 0.880. The van der Waals surface area contributed by atoms with Gasteiger partial charge in [-0.25, -0.2) is 4.58 Å². The molecule has 3 unspecified atom stereocenters. The van der Waals surface area contributed by atoms with Gasteiger partial charge >= 0.3 is 0 Å². The molecule has 0 aromatic carbocycles. The molecule has 0 N–H and O–H groups in total. The highest BCUT2D eigenvalue weighted by molar-refractivity contribution is 6.05. The minimum absolute atomic E-state index is 0. The Bertz CT molecular complexity index is 793. The lowest BCUT2D eigenvalue weighted by Gasteiger charge is -2.42. The van der Waals surface area contributed by atoms with Crippen LogP contribution in [-0.2, 0) is 9.59 Å². The zero-order chi connectivity index (χ0) is 22.6. The zero-order valence-electron chi connectivity index (χ0n) is 21.5. The van der Waals surface area contributed by atoms with Gasteiger partial charge in [-0.1, -0.05) is 38.5 Å². The Morgan fingerprint density at radius 1 is 0.879 bits per heavy atom. The van der Waals surface area contributed by atoms with E-state index in [9.17, 15) is 9.59 Å². The van der Waals surface area contributed by atoms with Crippen LogP contribution in [0.15, 0.2) is 0 Å². The minimum Gasteiger partial charge on any atom is -1.00 e. The zero-order valence-corrected chi connectivity index (χ0v) is 24.7. The maximum atomic E-state index is 13.7. The number of nitrogens with zero attached hydrogens (tertiary/aromatic N) is 4. The van der Waals surface area contributed by atoms with Gasteiger partial charge in [-0.15, -0.1) is 0 Å². The number of carbonyl (C=O) groups is 2. The van der Waals surface area contributed by atoms with Crippen LogP contribution >= 0.6 is 0 Å². The second-order valence-electron chi connectivity index (χ2n) is 11.7. The summed E-state index contributed by atoms with van der Waals surface area (Å²) in [6, 6.07) is 0.825. The number of carbonyl (C=O) groups excluding carboxylic acids is 2. The van der Waals surface area contributed by atoms with Gasteiger partial charge in [-0.05, 0) is 26.7 Å². The topological polar surface area (TPSA) is 43.6 Å². The van der Waals surface area contributed by atoms with E-state index in [4.69, 9.17) is 0 Å². The summed E-state index contributed by atoms with van der Waals surface area (Å²) in [5, 5.41) is 0. The molecule has 3 atom stereocenters. The molecule has 0 radical (unpaired) electrons. The number of likely N-dealkylation sites (N-methyl/N-ethyl adjacent to an activating group) is 1. The SMILES string of the molecule is C[N+](C)=C1CCCCCCCCCCC2C(C13CC(=O)N1CN3C(=O)C1(C)C)[N+]2(C)C.[Br-].[Br-]. The summed E-state index contributed by atoms with van der Waals surface area (Å²) in [6.45, 7) is 4.30. The quantitative estimate of drug-likeness (QED) is 0.171. The van der Waals surface area contributed by atoms with Gasteiger partial charge in [0.25, 0.3) is 5.91 Å². The molecule has 1 spiro atoms. The summed E-state index contributed by atoms with van der Waals surface area (Å²) in [4.78, 5) is 31.2. The molecule has 6 nitrogen and oxygen atoms in total. The lowest BCUT2D eigenvalue weighted by molar-refractivity contribution is -0.786. The molecule has 3 saturated heterocycles. The molecular formula is C25H44Br2N4O2. The molecule has 3 aliphatic heterocycles. The Hall–Kier alpha value is -0.470. The van der Waals surface area contributed by atoms with Crippen molar-refractivity contribution in [3.63, 3.8) is 0 Å². The Kier molecular flexibility index (Phi) is 8.94. The molecule has 2 amide bonds. The van der Waals surface area contributed by atoms with Crippen LogP contribution in [-0.4, -0.2) is 94.4 Å². The van der Waals surface area contributed by atoms with E-state index in [2.05, 4.69) is 37.7 Å². The fourth-order valence-electron chi connectivity index (χ4n) is 7.18. The standard InChI is InChI=1S/C25H44N4O2.2BrH/c1-24(2)23(31)28-18-27(24)21(30)17-25(28)20(26(3)4)16-14-12-10-8-7-9-11-13-15-19-22(25)29(19,5)6;;/h19,22H,7-18H2,1-6H3;2*1H/q+2;;/p-2. The number of halogens is 2. The van der Waals surface area contributed by atoms with Gasteiger partial charge in [-0.3, -0.25) is 9.59 Å². The lowest BCUT2D eigenvalue weighted by Crippen LogP contribution is -3.00. The third-order valence-electron chi connectivity index (χ3n) is 8.97. The molecule has 2 bridgehead atoms. The maximum Gasteiger partial charge on any atom is 0.250 e. The van der Waals surface area contributed by atoms with Crippen LogP contribution in [0.1, 0.15) is 84.5 Å². The molecular weight excluding hydrogens is 548 g/mol. The van der Waals surface area contributed by atoms with Crippen LogP contribution in [0.5, 0.6) is 0 Å². The number of amides is 2. The van der Waals surface area contributed by atoms with Crippen molar-refractivity contribution in [2.45, 2.75) is 108 Å². The molecule has 0 aromatic heterocycles. The highest BCUT2D eigenvalue weighted by Gasteiger charge is 2.78. The molecule has 3 heterocycles. The summed E-state index contributed by atoms with van der Waals surface area (Å²) in [5.74, 6) is 0.280. The van der Waals surface area contributed by atoms with Crippen LogP contribution in [0, 0.1) is 0 Å². The average molecular weight is 592 g/mol. The molecule has 33 heavy (non-hydrogen) atoms. The van der Waals surface area contributed by atoms with Crippen LogP contribution in [0.3, 0.4) is 0 Å². The monoisotopic (exact) mass is 590 g/mol. The van der Waals surface area contributed by atoms with Gasteiger partial charge in [0.1, 0.15) is 25.7 Å². The van der Waals surface area contributed by atoms with Crippen molar-refractivity contribution in [1.29, 1.82) is 0 Å². The summed E-state index contributed by atoms with van der Waals surface area (Å²) in [5.41, 5.74) is 0.0843. The number of hydrogen-bond acceptors (Lipinski definition) is 2. The molecule has 1 saturated carbocycles. The third kappa shape index (κ3) is 4.57. The van der Waals surface area contributed by atoms with Crippen LogP contribution in [0.2, 0.25) is 0 Å². The first-order chi connectivity index (χ1) is 14.6. The molecule has 4 aliphatic rings. The Labute approximate surface area is 221 Å². The predicted molar refractivity (Wildman–Crippen MR) is 123 cm³/mol. The summed E-state index contributed by atoms with van der Waals surface area (Å²) >= 11 is 0. The van der Waals surface area contributed by atoms with Crippen molar-refractivity contribution in [1.82, 2.24) is 9.80 Å². The molecule has 8 heteroatoms.